The van der Waals surface area contributed by atoms with Gasteiger partial charge in [0.1, 0.15) is 5.75 Å². The number of methoxy groups -OCH3 is 1. The van der Waals surface area contributed by atoms with Crippen LogP contribution < -0.4 is 10.1 Å². The summed E-state index contributed by atoms with van der Waals surface area (Å²) in [4.78, 5) is 40.5. The summed E-state index contributed by atoms with van der Waals surface area (Å²) in [6, 6.07) is 14.4. The molecule has 0 spiro atoms. The third kappa shape index (κ3) is 5.59. The van der Waals surface area contributed by atoms with Gasteiger partial charge in [-0.3, -0.25) is 14.4 Å². The van der Waals surface area contributed by atoms with Crippen LogP contribution in [-0.4, -0.2) is 60.8 Å². The molecule has 158 valence electrons. The molecule has 0 aromatic heterocycles. The van der Waals surface area contributed by atoms with Crippen molar-refractivity contribution in [3.8, 4) is 5.75 Å². The molecule has 1 aliphatic heterocycles. The Morgan fingerprint density at radius 2 is 1.67 bits per heavy atom. The highest BCUT2D eigenvalue weighted by Crippen LogP contribution is 2.16. The van der Waals surface area contributed by atoms with Crippen LogP contribution in [0.1, 0.15) is 29.3 Å². The lowest BCUT2D eigenvalue weighted by Crippen LogP contribution is -2.38. The average Bonchev–Trinajstić information content (AvgIpc) is 3.00. The number of ether oxygens (including phenoxy) is 1. The molecule has 0 saturated carbocycles. The molecule has 0 radical (unpaired) electrons. The van der Waals surface area contributed by atoms with E-state index in [1.165, 1.54) is 6.92 Å². The summed E-state index contributed by atoms with van der Waals surface area (Å²) >= 11 is 0. The normalized spacial score (nSPS) is 14.1. The Kier molecular flexibility index (Phi) is 7.06. The highest BCUT2D eigenvalue weighted by molar-refractivity contribution is 5.96. The molecule has 3 rings (SSSR count). The van der Waals surface area contributed by atoms with Gasteiger partial charge in [0.25, 0.3) is 5.91 Å². The van der Waals surface area contributed by atoms with Gasteiger partial charge in [-0.05, 0) is 42.3 Å². The fraction of sp³-hybridized carbons (Fsp3) is 0.348. The van der Waals surface area contributed by atoms with Gasteiger partial charge < -0.3 is 19.9 Å². The SMILES string of the molecule is COc1ccc(CC(=O)N2CCCN(C(=O)c3cccc(NC(C)=O)c3)CC2)cc1. The van der Waals surface area contributed by atoms with E-state index in [9.17, 15) is 14.4 Å². The Hall–Kier alpha value is -3.35. The van der Waals surface area contributed by atoms with Crippen molar-refractivity contribution in [3.63, 3.8) is 0 Å². The number of nitrogens with one attached hydrogen (secondary N) is 1. The number of hydrogen-bond acceptors (Lipinski definition) is 4. The number of amides is 3. The summed E-state index contributed by atoms with van der Waals surface area (Å²) in [5.74, 6) is 0.548. The summed E-state index contributed by atoms with van der Waals surface area (Å²) in [5.41, 5.74) is 2.06. The second-order valence-corrected chi connectivity index (χ2v) is 7.31. The van der Waals surface area contributed by atoms with Gasteiger partial charge in [-0.25, -0.2) is 0 Å². The molecular weight excluding hydrogens is 382 g/mol. The van der Waals surface area contributed by atoms with E-state index >= 15 is 0 Å². The molecule has 2 aromatic rings. The fourth-order valence-corrected chi connectivity index (χ4v) is 3.52. The summed E-state index contributed by atoms with van der Waals surface area (Å²) in [5, 5.41) is 2.70. The average molecular weight is 409 g/mol. The maximum absolute atomic E-state index is 12.9. The van der Waals surface area contributed by atoms with Gasteiger partial charge in [-0.15, -0.1) is 0 Å². The van der Waals surface area contributed by atoms with Crippen LogP contribution in [0.3, 0.4) is 0 Å². The number of hydrogen-bond donors (Lipinski definition) is 1. The van der Waals surface area contributed by atoms with Crippen LogP contribution in [0.4, 0.5) is 5.69 Å². The smallest absolute Gasteiger partial charge is 0.253 e. The number of anilines is 1. The summed E-state index contributed by atoms with van der Waals surface area (Å²) in [6.07, 6.45) is 1.06. The lowest BCUT2D eigenvalue weighted by Gasteiger charge is -2.22. The van der Waals surface area contributed by atoms with Gasteiger partial charge in [-0.2, -0.15) is 0 Å². The first-order valence-corrected chi connectivity index (χ1v) is 10.0. The molecule has 1 N–H and O–H groups in total. The molecule has 1 saturated heterocycles. The number of carbonyl (C=O) groups is 3. The van der Waals surface area contributed by atoms with Gasteiger partial charge in [0.15, 0.2) is 0 Å². The highest BCUT2D eigenvalue weighted by Gasteiger charge is 2.23. The number of nitrogens with zero attached hydrogens (tertiary/aromatic N) is 2. The second-order valence-electron chi connectivity index (χ2n) is 7.31. The van der Waals surface area contributed by atoms with E-state index in [-0.39, 0.29) is 17.7 Å². The fourth-order valence-electron chi connectivity index (χ4n) is 3.52. The van der Waals surface area contributed by atoms with Gasteiger partial charge in [0.05, 0.1) is 13.5 Å². The first kappa shape index (κ1) is 21.4. The Bertz CT molecular complexity index is 911. The lowest BCUT2D eigenvalue weighted by molar-refractivity contribution is -0.130. The highest BCUT2D eigenvalue weighted by atomic mass is 16.5. The minimum Gasteiger partial charge on any atom is -0.497 e. The first-order chi connectivity index (χ1) is 14.5. The Morgan fingerprint density at radius 3 is 2.37 bits per heavy atom. The van der Waals surface area contributed by atoms with Gasteiger partial charge in [0, 0.05) is 44.4 Å². The second kappa shape index (κ2) is 9.91. The Balaban J connectivity index is 1.59. The summed E-state index contributed by atoms with van der Waals surface area (Å²) in [6.45, 7) is 3.64. The van der Waals surface area contributed by atoms with E-state index in [2.05, 4.69) is 5.32 Å². The molecule has 30 heavy (non-hydrogen) atoms. The van der Waals surface area contributed by atoms with E-state index in [0.717, 1.165) is 17.7 Å². The van der Waals surface area contributed by atoms with Crippen LogP contribution in [0, 0.1) is 0 Å². The van der Waals surface area contributed by atoms with E-state index in [0.29, 0.717) is 43.9 Å². The molecule has 3 amide bonds. The third-order valence-corrected chi connectivity index (χ3v) is 5.08. The van der Waals surface area contributed by atoms with Crippen LogP contribution >= 0.6 is 0 Å². The van der Waals surface area contributed by atoms with E-state index < -0.39 is 0 Å². The maximum Gasteiger partial charge on any atom is 0.253 e. The predicted molar refractivity (Wildman–Crippen MR) is 115 cm³/mol. The quantitative estimate of drug-likeness (QED) is 0.823. The van der Waals surface area contributed by atoms with Gasteiger partial charge in [0.2, 0.25) is 11.8 Å². The van der Waals surface area contributed by atoms with Crippen molar-refractivity contribution >= 4 is 23.4 Å². The van der Waals surface area contributed by atoms with Crippen LogP contribution in [0.2, 0.25) is 0 Å². The molecule has 7 heteroatoms. The van der Waals surface area contributed by atoms with Crippen molar-refractivity contribution in [3.05, 3.63) is 59.7 Å². The molecule has 2 aromatic carbocycles. The molecule has 7 nitrogen and oxygen atoms in total. The molecule has 0 unspecified atom stereocenters. The standard InChI is InChI=1S/C23H27N3O4/c1-17(27)24-20-6-3-5-19(16-20)23(29)26-12-4-11-25(13-14-26)22(28)15-18-7-9-21(30-2)10-8-18/h3,5-10,16H,4,11-15H2,1-2H3,(H,24,27). The van der Waals surface area contributed by atoms with Crippen molar-refractivity contribution in [1.82, 2.24) is 9.80 Å². The number of carbonyl (C=O) groups excluding carboxylic acids is 3. The van der Waals surface area contributed by atoms with Crippen LogP contribution in [-0.2, 0) is 16.0 Å². The van der Waals surface area contributed by atoms with Crippen molar-refractivity contribution < 1.29 is 19.1 Å². The van der Waals surface area contributed by atoms with Crippen molar-refractivity contribution in [2.75, 3.05) is 38.6 Å². The predicted octanol–water partition coefficient (Wildman–Crippen LogP) is 2.57. The number of benzene rings is 2. The molecule has 1 fully saturated rings. The molecule has 1 aliphatic rings. The van der Waals surface area contributed by atoms with Crippen LogP contribution in [0.15, 0.2) is 48.5 Å². The van der Waals surface area contributed by atoms with E-state index in [1.54, 1.807) is 36.3 Å². The van der Waals surface area contributed by atoms with Crippen LogP contribution in [0.5, 0.6) is 5.75 Å². The first-order valence-electron chi connectivity index (χ1n) is 10.0. The minimum absolute atomic E-state index is 0.0575. The Labute approximate surface area is 176 Å². The lowest BCUT2D eigenvalue weighted by atomic mass is 10.1. The zero-order valence-electron chi connectivity index (χ0n) is 17.4. The largest absolute Gasteiger partial charge is 0.497 e. The summed E-state index contributed by atoms with van der Waals surface area (Å²) in [7, 11) is 1.61. The van der Waals surface area contributed by atoms with Gasteiger partial charge in [-0.1, -0.05) is 18.2 Å². The molecule has 1 heterocycles. The monoisotopic (exact) mass is 409 g/mol. The van der Waals surface area contributed by atoms with Crippen molar-refractivity contribution in [2.24, 2.45) is 0 Å². The zero-order chi connectivity index (χ0) is 21.5. The topological polar surface area (TPSA) is 79.0 Å². The Morgan fingerprint density at radius 1 is 0.967 bits per heavy atom. The van der Waals surface area contributed by atoms with E-state index in [4.69, 9.17) is 4.74 Å². The third-order valence-electron chi connectivity index (χ3n) is 5.08. The molecule has 0 bridgehead atoms. The van der Waals surface area contributed by atoms with Gasteiger partial charge >= 0.3 is 0 Å². The summed E-state index contributed by atoms with van der Waals surface area (Å²) < 4.78 is 5.15. The van der Waals surface area contributed by atoms with Crippen molar-refractivity contribution in [2.45, 2.75) is 19.8 Å². The van der Waals surface area contributed by atoms with E-state index in [1.807, 2.05) is 29.2 Å². The number of rotatable bonds is 5. The maximum atomic E-state index is 12.9. The zero-order valence-corrected chi connectivity index (χ0v) is 17.4. The molecular formula is C23H27N3O4. The minimum atomic E-state index is -0.180. The van der Waals surface area contributed by atoms with Crippen molar-refractivity contribution in [1.29, 1.82) is 0 Å². The molecule has 0 aliphatic carbocycles. The van der Waals surface area contributed by atoms with Crippen LogP contribution in [0.25, 0.3) is 0 Å². The molecule has 0 atom stereocenters.